The molecule has 1 aliphatic rings. The molecular formula is C13H23N3S. The molecule has 0 aromatic carbocycles. The minimum atomic E-state index is 0.634. The summed E-state index contributed by atoms with van der Waals surface area (Å²) in [7, 11) is 0. The molecule has 3 nitrogen and oxygen atoms in total. The van der Waals surface area contributed by atoms with Crippen LogP contribution in [-0.2, 0) is 6.54 Å². The van der Waals surface area contributed by atoms with Gasteiger partial charge in [0.05, 0.1) is 0 Å². The van der Waals surface area contributed by atoms with Crippen molar-refractivity contribution in [1.29, 1.82) is 0 Å². The van der Waals surface area contributed by atoms with Crippen LogP contribution in [0.2, 0.25) is 0 Å². The highest BCUT2D eigenvalue weighted by atomic mass is 32.2. The first-order valence-corrected chi connectivity index (χ1v) is 7.89. The topological polar surface area (TPSA) is 29.9 Å². The van der Waals surface area contributed by atoms with Gasteiger partial charge in [0.2, 0.25) is 5.95 Å². The molecule has 2 rings (SSSR count). The Kier molecular flexibility index (Phi) is 4.77. The number of aromatic nitrogens is 2. The summed E-state index contributed by atoms with van der Waals surface area (Å²) in [5.74, 6) is 1.05. The molecule has 1 atom stereocenters. The van der Waals surface area contributed by atoms with E-state index in [0.29, 0.717) is 11.3 Å². The smallest absolute Gasteiger partial charge is 0.203 e. The van der Waals surface area contributed by atoms with Gasteiger partial charge in [0.1, 0.15) is 0 Å². The number of thioether (sulfide) groups is 1. The van der Waals surface area contributed by atoms with Gasteiger partial charge in [-0.1, -0.05) is 26.2 Å². The highest BCUT2D eigenvalue weighted by molar-refractivity contribution is 7.99. The molecule has 0 aliphatic heterocycles. The zero-order valence-electron chi connectivity index (χ0n) is 10.9. The number of hydrogen-bond donors (Lipinski definition) is 1. The Bertz CT molecular complexity index is 331. The Labute approximate surface area is 108 Å². The van der Waals surface area contributed by atoms with E-state index in [1.54, 1.807) is 0 Å². The first-order chi connectivity index (χ1) is 8.29. The number of nitrogens with zero attached hydrogens (tertiary/aromatic N) is 2. The minimum Gasteiger partial charge on any atom is -0.353 e. The summed E-state index contributed by atoms with van der Waals surface area (Å²) >= 11 is 1.90. The van der Waals surface area contributed by atoms with Crippen molar-refractivity contribution >= 4 is 17.7 Å². The minimum absolute atomic E-state index is 0.634. The van der Waals surface area contributed by atoms with Gasteiger partial charge in [-0.2, -0.15) is 11.8 Å². The summed E-state index contributed by atoms with van der Waals surface area (Å²) < 4.78 is 2.25. The van der Waals surface area contributed by atoms with Gasteiger partial charge in [0.15, 0.2) is 0 Å². The Morgan fingerprint density at radius 2 is 2.24 bits per heavy atom. The molecule has 1 unspecified atom stereocenters. The van der Waals surface area contributed by atoms with Crippen molar-refractivity contribution in [2.24, 2.45) is 0 Å². The Morgan fingerprint density at radius 1 is 1.47 bits per heavy atom. The molecule has 96 valence electrons. The predicted molar refractivity (Wildman–Crippen MR) is 75.7 cm³/mol. The fourth-order valence-corrected chi connectivity index (χ4v) is 2.69. The van der Waals surface area contributed by atoms with Crippen LogP contribution in [0.4, 0.5) is 5.95 Å². The molecule has 0 bridgehead atoms. The number of anilines is 1. The fraction of sp³-hybridized carbons (Fsp3) is 0.769. The maximum atomic E-state index is 4.44. The largest absolute Gasteiger partial charge is 0.353 e. The van der Waals surface area contributed by atoms with Crippen LogP contribution in [0.15, 0.2) is 12.4 Å². The van der Waals surface area contributed by atoms with Crippen LogP contribution < -0.4 is 5.32 Å². The summed E-state index contributed by atoms with van der Waals surface area (Å²) in [6.07, 6.45) is 12.9. The zero-order chi connectivity index (χ0) is 12.1. The van der Waals surface area contributed by atoms with Crippen LogP contribution >= 0.6 is 11.8 Å². The molecule has 0 amide bonds. The zero-order valence-corrected chi connectivity index (χ0v) is 11.7. The molecule has 0 spiro atoms. The van der Waals surface area contributed by atoms with Crippen molar-refractivity contribution in [3.05, 3.63) is 12.4 Å². The van der Waals surface area contributed by atoms with Gasteiger partial charge in [0.25, 0.3) is 0 Å². The van der Waals surface area contributed by atoms with E-state index in [1.807, 2.05) is 18.0 Å². The maximum absolute atomic E-state index is 4.44. The van der Waals surface area contributed by atoms with Gasteiger partial charge in [-0.25, -0.2) is 4.98 Å². The molecule has 1 N–H and O–H groups in total. The van der Waals surface area contributed by atoms with Gasteiger partial charge in [0, 0.05) is 30.2 Å². The van der Waals surface area contributed by atoms with Crippen LogP contribution in [-0.4, -0.2) is 27.1 Å². The summed E-state index contributed by atoms with van der Waals surface area (Å²) in [5.41, 5.74) is 0. The van der Waals surface area contributed by atoms with E-state index in [4.69, 9.17) is 0 Å². The number of rotatable bonds is 5. The number of hydrogen-bond acceptors (Lipinski definition) is 3. The Morgan fingerprint density at radius 3 is 2.94 bits per heavy atom. The van der Waals surface area contributed by atoms with Gasteiger partial charge in [-0.15, -0.1) is 0 Å². The van der Waals surface area contributed by atoms with Crippen LogP contribution in [0.1, 0.15) is 39.0 Å². The molecule has 1 saturated carbocycles. The molecule has 0 radical (unpaired) electrons. The van der Waals surface area contributed by atoms with E-state index in [-0.39, 0.29) is 0 Å². The van der Waals surface area contributed by atoms with E-state index in [2.05, 4.69) is 34.2 Å². The van der Waals surface area contributed by atoms with E-state index in [9.17, 15) is 0 Å². The SMILES string of the molecule is CSC(C)Cn1ccnc1NC1CCCCC1. The summed E-state index contributed by atoms with van der Waals surface area (Å²) in [6, 6.07) is 0.634. The standard InChI is InChI=1S/C13H23N3S/c1-11(17-2)10-16-9-8-14-13(16)15-12-6-4-3-5-7-12/h8-9,11-12H,3-7,10H2,1-2H3,(H,14,15). The fourth-order valence-electron chi connectivity index (χ4n) is 2.38. The first kappa shape index (κ1) is 12.8. The highest BCUT2D eigenvalue weighted by Gasteiger charge is 2.15. The highest BCUT2D eigenvalue weighted by Crippen LogP contribution is 2.21. The molecule has 1 aromatic rings. The van der Waals surface area contributed by atoms with Crippen molar-refractivity contribution in [2.75, 3.05) is 11.6 Å². The molecule has 4 heteroatoms. The molecule has 1 aliphatic carbocycles. The second-order valence-electron chi connectivity index (χ2n) is 4.93. The molecular weight excluding hydrogens is 230 g/mol. The third-order valence-electron chi connectivity index (χ3n) is 3.51. The van der Waals surface area contributed by atoms with Crippen molar-refractivity contribution in [2.45, 2.75) is 56.9 Å². The van der Waals surface area contributed by atoms with Crippen molar-refractivity contribution in [3.63, 3.8) is 0 Å². The van der Waals surface area contributed by atoms with Crippen LogP contribution in [0.25, 0.3) is 0 Å². The van der Waals surface area contributed by atoms with E-state index < -0.39 is 0 Å². The van der Waals surface area contributed by atoms with Gasteiger partial charge >= 0.3 is 0 Å². The normalized spacial score (nSPS) is 19.2. The van der Waals surface area contributed by atoms with Gasteiger partial charge in [-0.3, -0.25) is 0 Å². The summed E-state index contributed by atoms with van der Waals surface area (Å²) in [4.78, 5) is 4.44. The molecule has 0 saturated heterocycles. The molecule has 17 heavy (non-hydrogen) atoms. The maximum Gasteiger partial charge on any atom is 0.203 e. The third kappa shape index (κ3) is 3.66. The quantitative estimate of drug-likeness (QED) is 0.872. The van der Waals surface area contributed by atoms with Crippen molar-refractivity contribution < 1.29 is 0 Å². The monoisotopic (exact) mass is 253 g/mol. The van der Waals surface area contributed by atoms with E-state index in [0.717, 1.165) is 12.5 Å². The van der Waals surface area contributed by atoms with Crippen LogP contribution in [0.5, 0.6) is 0 Å². The van der Waals surface area contributed by atoms with Crippen LogP contribution in [0.3, 0.4) is 0 Å². The third-order valence-corrected chi connectivity index (χ3v) is 4.46. The van der Waals surface area contributed by atoms with E-state index >= 15 is 0 Å². The van der Waals surface area contributed by atoms with E-state index in [1.165, 1.54) is 32.1 Å². The molecule has 1 heterocycles. The lowest BCUT2D eigenvalue weighted by Gasteiger charge is -2.24. The van der Waals surface area contributed by atoms with Gasteiger partial charge < -0.3 is 9.88 Å². The Balaban J connectivity index is 1.93. The molecule has 1 fully saturated rings. The lowest BCUT2D eigenvalue weighted by Crippen LogP contribution is -2.25. The first-order valence-electron chi connectivity index (χ1n) is 6.60. The van der Waals surface area contributed by atoms with Crippen molar-refractivity contribution in [3.8, 4) is 0 Å². The van der Waals surface area contributed by atoms with Crippen molar-refractivity contribution in [1.82, 2.24) is 9.55 Å². The second-order valence-corrected chi connectivity index (χ2v) is 6.20. The lowest BCUT2D eigenvalue weighted by atomic mass is 9.96. The van der Waals surface area contributed by atoms with Crippen LogP contribution in [0, 0.1) is 0 Å². The Hall–Kier alpha value is -0.640. The molecule has 1 aromatic heterocycles. The average Bonchev–Trinajstić information content (AvgIpc) is 2.78. The average molecular weight is 253 g/mol. The number of nitrogens with one attached hydrogen (secondary N) is 1. The second kappa shape index (κ2) is 6.34. The van der Waals surface area contributed by atoms with Gasteiger partial charge in [-0.05, 0) is 19.1 Å². The number of imidazole rings is 1. The lowest BCUT2D eigenvalue weighted by molar-refractivity contribution is 0.459. The summed E-state index contributed by atoms with van der Waals surface area (Å²) in [5, 5.41) is 4.24. The predicted octanol–water partition coefficient (Wildman–Crippen LogP) is 3.38. The summed E-state index contributed by atoms with van der Waals surface area (Å²) in [6.45, 7) is 3.30.